The van der Waals surface area contributed by atoms with Gasteiger partial charge < -0.3 is 0 Å². The molecule has 0 unspecified atom stereocenters. The molecule has 1 aromatic carbocycles. The van der Waals surface area contributed by atoms with E-state index in [1.807, 2.05) is 37.4 Å². The average Bonchev–Trinajstić information content (AvgIpc) is 2.18. The number of nitrogens with zero attached hydrogens (tertiary/aromatic N) is 1. The Labute approximate surface area is 87.9 Å². The number of thiocyanates is 1. The minimum atomic E-state index is 0.0257. The van der Waals surface area contributed by atoms with Gasteiger partial charge in [0.15, 0.2) is 5.78 Å². The molecule has 0 aliphatic heterocycles. The molecule has 0 N–H and O–H groups in total. The number of carbonyl (C=O) groups is 1. The molecule has 0 spiro atoms. The van der Waals surface area contributed by atoms with Crippen LogP contribution in [0.15, 0.2) is 18.2 Å². The fourth-order valence-electron chi connectivity index (χ4n) is 1.21. The van der Waals surface area contributed by atoms with E-state index < -0.39 is 0 Å². The van der Waals surface area contributed by atoms with Crippen LogP contribution in [0.3, 0.4) is 0 Å². The van der Waals surface area contributed by atoms with Crippen molar-refractivity contribution in [2.45, 2.75) is 13.8 Å². The second kappa shape index (κ2) is 4.83. The van der Waals surface area contributed by atoms with E-state index in [9.17, 15) is 4.79 Å². The maximum absolute atomic E-state index is 11.6. The van der Waals surface area contributed by atoms with Gasteiger partial charge in [-0.25, -0.2) is 0 Å². The SMILES string of the molecule is Cc1ccc(C)c(C(=O)CSC#N)c1. The summed E-state index contributed by atoms with van der Waals surface area (Å²) in [5.41, 5.74) is 2.77. The summed E-state index contributed by atoms with van der Waals surface area (Å²) < 4.78 is 0. The summed E-state index contributed by atoms with van der Waals surface area (Å²) in [5.74, 6) is 0.263. The quantitative estimate of drug-likeness (QED) is 0.562. The van der Waals surface area contributed by atoms with Crippen LogP contribution in [0.2, 0.25) is 0 Å². The van der Waals surface area contributed by atoms with Crippen LogP contribution in [-0.4, -0.2) is 11.5 Å². The zero-order valence-electron chi connectivity index (χ0n) is 8.20. The van der Waals surface area contributed by atoms with E-state index in [0.717, 1.165) is 28.5 Å². The molecular formula is C11H11NOS. The minimum absolute atomic E-state index is 0.0257. The van der Waals surface area contributed by atoms with Crippen molar-refractivity contribution in [2.75, 3.05) is 5.75 Å². The van der Waals surface area contributed by atoms with Crippen molar-refractivity contribution in [2.24, 2.45) is 0 Å². The Morgan fingerprint density at radius 2 is 2.21 bits per heavy atom. The predicted molar refractivity (Wildman–Crippen MR) is 58.3 cm³/mol. The lowest BCUT2D eigenvalue weighted by molar-refractivity contribution is 0.102. The second-order valence-electron chi connectivity index (χ2n) is 3.12. The third-order valence-corrected chi connectivity index (χ3v) is 2.50. The molecule has 0 saturated carbocycles. The summed E-state index contributed by atoms with van der Waals surface area (Å²) in [6.45, 7) is 3.86. The van der Waals surface area contributed by atoms with E-state index in [1.165, 1.54) is 0 Å². The highest BCUT2D eigenvalue weighted by Crippen LogP contribution is 2.13. The van der Waals surface area contributed by atoms with Gasteiger partial charge in [0, 0.05) is 5.56 Å². The molecular weight excluding hydrogens is 194 g/mol. The maximum Gasteiger partial charge on any atom is 0.174 e. The lowest BCUT2D eigenvalue weighted by Gasteiger charge is -2.04. The summed E-state index contributed by atoms with van der Waals surface area (Å²) in [7, 11) is 0. The molecule has 0 amide bonds. The summed E-state index contributed by atoms with van der Waals surface area (Å²) >= 11 is 0.982. The third-order valence-electron chi connectivity index (χ3n) is 1.96. The van der Waals surface area contributed by atoms with Crippen LogP contribution >= 0.6 is 11.8 Å². The molecule has 1 aromatic rings. The molecule has 0 atom stereocenters. The number of aryl methyl sites for hydroxylation is 2. The van der Waals surface area contributed by atoms with Crippen LogP contribution < -0.4 is 0 Å². The van der Waals surface area contributed by atoms with Gasteiger partial charge in [0.1, 0.15) is 5.40 Å². The number of Topliss-reactive ketones (excluding diaryl/α,β-unsaturated/α-hetero) is 1. The molecule has 3 heteroatoms. The van der Waals surface area contributed by atoms with Crippen LogP contribution in [0.4, 0.5) is 0 Å². The van der Waals surface area contributed by atoms with Crippen LogP contribution in [0, 0.1) is 24.5 Å². The molecule has 2 nitrogen and oxygen atoms in total. The molecule has 0 aliphatic rings. The van der Waals surface area contributed by atoms with Crippen molar-refractivity contribution < 1.29 is 4.79 Å². The third kappa shape index (κ3) is 2.61. The van der Waals surface area contributed by atoms with E-state index in [4.69, 9.17) is 5.26 Å². The fraction of sp³-hybridized carbons (Fsp3) is 0.273. The van der Waals surface area contributed by atoms with Gasteiger partial charge >= 0.3 is 0 Å². The van der Waals surface area contributed by atoms with E-state index in [0.29, 0.717) is 0 Å². The van der Waals surface area contributed by atoms with Gasteiger partial charge in [-0.15, -0.1) is 0 Å². The second-order valence-corrected chi connectivity index (χ2v) is 3.88. The largest absolute Gasteiger partial charge is 0.293 e. The van der Waals surface area contributed by atoms with Crippen LogP contribution in [-0.2, 0) is 0 Å². The Morgan fingerprint density at radius 3 is 2.86 bits per heavy atom. The normalized spacial score (nSPS) is 9.50. The molecule has 72 valence electrons. The van der Waals surface area contributed by atoms with Gasteiger partial charge in [-0.1, -0.05) is 17.7 Å². The highest BCUT2D eigenvalue weighted by atomic mass is 32.2. The van der Waals surface area contributed by atoms with Crippen LogP contribution in [0.1, 0.15) is 21.5 Å². The molecule has 0 heterocycles. The first kappa shape index (κ1) is 10.8. The highest BCUT2D eigenvalue weighted by molar-refractivity contribution is 8.04. The first-order valence-corrected chi connectivity index (χ1v) is 5.25. The Kier molecular flexibility index (Phi) is 3.73. The van der Waals surface area contributed by atoms with Gasteiger partial charge in [0.2, 0.25) is 0 Å². The molecule has 14 heavy (non-hydrogen) atoms. The van der Waals surface area contributed by atoms with E-state index in [2.05, 4.69) is 0 Å². The molecule has 0 fully saturated rings. The van der Waals surface area contributed by atoms with Gasteiger partial charge in [-0.2, -0.15) is 5.26 Å². The van der Waals surface area contributed by atoms with Crippen molar-refractivity contribution in [3.8, 4) is 5.40 Å². The monoisotopic (exact) mass is 205 g/mol. The van der Waals surface area contributed by atoms with Crippen molar-refractivity contribution in [1.29, 1.82) is 5.26 Å². The lowest BCUT2D eigenvalue weighted by atomic mass is 10.0. The Morgan fingerprint density at radius 1 is 1.50 bits per heavy atom. The number of hydrogen-bond acceptors (Lipinski definition) is 3. The summed E-state index contributed by atoms with van der Waals surface area (Å²) in [4.78, 5) is 11.6. The van der Waals surface area contributed by atoms with E-state index in [1.54, 1.807) is 0 Å². The number of nitriles is 1. The van der Waals surface area contributed by atoms with Gasteiger partial charge in [-0.3, -0.25) is 4.79 Å². The zero-order valence-corrected chi connectivity index (χ0v) is 9.02. The van der Waals surface area contributed by atoms with Crippen LogP contribution in [0.5, 0.6) is 0 Å². The molecule has 0 bridgehead atoms. The number of rotatable bonds is 3. The smallest absolute Gasteiger partial charge is 0.174 e. The predicted octanol–water partition coefficient (Wildman–Crippen LogP) is 2.70. The lowest BCUT2D eigenvalue weighted by Crippen LogP contribution is -2.04. The Hall–Kier alpha value is -1.27. The zero-order chi connectivity index (χ0) is 10.6. The summed E-state index contributed by atoms with van der Waals surface area (Å²) in [6.07, 6.45) is 0. The van der Waals surface area contributed by atoms with Crippen molar-refractivity contribution in [3.63, 3.8) is 0 Å². The average molecular weight is 205 g/mol. The Balaban J connectivity index is 2.90. The first-order chi connectivity index (χ1) is 6.65. The Bertz CT molecular complexity index is 393. The molecule has 0 radical (unpaired) electrons. The fourth-order valence-corrected chi connectivity index (χ4v) is 1.56. The van der Waals surface area contributed by atoms with Crippen molar-refractivity contribution in [1.82, 2.24) is 0 Å². The molecule has 0 aromatic heterocycles. The number of ketones is 1. The molecule has 0 saturated heterocycles. The number of benzene rings is 1. The molecule has 1 rings (SSSR count). The van der Waals surface area contributed by atoms with Crippen molar-refractivity contribution >= 4 is 17.5 Å². The summed E-state index contributed by atoms with van der Waals surface area (Å²) in [5, 5.41) is 10.2. The molecule has 0 aliphatic carbocycles. The summed E-state index contributed by atoms with van der Waals surface area (Å²) in [6, 6.07) is 5.78. The number of carbonyl (C=O) groups excluding carboxylic acids is 1. The van der Waals surface area contributed by atoms with E-state index in [-0.39, 0.29) is 11.5 Å². The van der Waals surface area contributed by atoms with Crippen molar-refractivity contribution in [3.05, 3.63) is 34.9 Å². The van der Waals surface area contributed by atoms with Gasteiger partial charge in [-0.05, 0) is 37.2 Å². The minimum Gasteiger partial charge on any atom is -0.293 e. The van der Waals surface area contributed by atoms with Crippen LogP contribution in [0.25, 0.3) is 0 Å². The maximum atomic E-state index is 11.6. The van der Waals surface area contributed by atoms with Gasteiger partial charge in [0.25, 0.3) is 0 Å². The highest BCUT2D eigenvalue weighted by Gasteiger charge is 2.08. The van der Waals surface area contributed by atoms with E-state index >= 15 is 0 Å². The first-order valence-electron chi connectivity index (χ1n) is 4.26. The topological polar surface area (TPSA) is 40.9 Å². The standard InChI is InChI=1S/C11H11NOS/c1-8-3-4-9(2)10(5-8)11(13)6-14-7-12/h3-5H,6H2,1-2H3. The number of thioether (sulfide) groups is 1. The number of hydrogen-bond donors (Lipinski definition) is 0. The van der Waals surface area contributed by atoms with Gasteiger partial charge in [0.05, 0.1) is 5.75 Å².